The van der Waals surface area contributed by atoms with Crippen molar-refractivity contribution < 1.29 is 21.3 Å². The lowest BCUT2D eigenvalue weighted by Crippen LogP contribution is -2.03. The van der Waals surface area contributed by atoms with Gasteiger partial charge in [-0.2, -0.15) is 8.42 Å². The number of hydrogen-bond donors (Lipinski definition) is 1. The summed E-state index contributed by atoms with van der Waals surface area (Å²) in [5.41, 5.74) is 6.82. The fraction of sp³-hybridized carbons (Fsp3) is 0. The van der Waals surface area contributed by atoms with Gasteiger partial charge in [0.15, 0.2) is 5.78 Å². The molecule has 0 unspecified atom stereocenters. The van der Waals surface area contributed by atoms with Gasteiger partial charge in [0.2, 0.25) is 0 Å². The van der Waals surface area contributed by atoms with Gasteiger partial charge >= 0.3 is 10.5 Å². The van der Waals surface area contributed by atoms with E-state index < -0.39 is 10.5 Å². The third kappa shape index (κ3) is 3.55. The molecule has 0 aromatic heterocycles. The largest absolute Gasteiger partial charge is 0.488 e. The molecule has 20 heavy (non-hydrogen) atoms. The molecule has 7 heteroatoms. The number of hydrogen-bond acceptors (Lipinski definition) is 5. The van der Waals surface area contributed by atoms with E-state index in [1.807, 2.05) is 0 Å². The first-order chi connectivity index (χ1) is 9.35. The highest BCUT2D eigenvalue weighted by molar-refractivity contribution is 7.81. The summed E-state index contributed by atoms with van der Waals surface area (Å²) in [6.45, 7) is 0. The number of nitrogens with two attached hydrogens (primary N) is 1. The minimum absolute atomic E-state index is 0.207. The highest BCUT2D eigenvalue weighted by atomic mass is 32.3. The molecule has 0 aliphatic rings. The monoisotopic (exact) mass is 295 g/mol. The number of carbonyl (C=O) groups is 1. The summed E-state index contributed by atoms with van der Waals surface area (Å²) in [7, 11) is -5.07. The number of halogens is 1. The molecule has 0 radical (unpaired) electrons. The number of rotatable bonds is 4. The second-order valence-electron chi connectivity index (χ2n) is 3.95. The van der Waals surface area contributed by atoms with Gasteiger partial charge in [-0.3, -0.25) is 4.79 Å². The smallest absolute Gasteiger partial charge is 0.399 e. The maximum absolute atomic E-state index is 12.3. The van der Waals surface area contributed by atoms with Crippen LogP contribution in [0.5, 0.6) is 5.75 Å². The molecule has 0 spiro atoms. The third-order valence-corrected chi connectivity index (χ3v) is 2.88. The van der Waals surface area contributed by atoms with Gasteiger partial charge in [0.25, 0.3) is 0 Å². The van der Waals surface area contributed by atoms with Gasteiger partial charge in [0.05, 0.1) is 0 Å². The number of benzene rings is 2. The third-order valence-electron chi connectivity index (χ3n) is 2.49. The Hall–Kier alpha value is -2.41. The van der Waals surface area contributed by atoms with Gasteiger partial charge in [-0.15, -0.1) is 0 Å². The fourth-order valence-corrected chi connectivity index (χ4v) is 1.92. The Morgan fingerprint density at radius 1 is 0.950 bits per heavy atom. The Kier molecular flexibility index (Phi) is 3.71. The van der Waals surface area contributed by atoms with Crippen molar-refractivity contribution in [1.29, 1.82) is 0 Å². The molecule has 2 aromatic rings. The van der Waals surface area contributed by atoms with E-state index in [0.29, 0.717) is 16.8 Å². The molecular formula is C13H10FNO4S. The molecule has 0 saturated heterocycles. The molecule has 5 nitrogen and oxygen atoms in total. The summed E-state index contributed by atoms with van der Waals surface area (Å²) in [5, 5.41) is 0. The average Bonchev–Trinajstić information content (AvgIpc) is 2.38. The van der Waals surface area contributed by atoms with Crippen LogP contribution in [0.2, 0.25) is 0 Å². The van der Waals surface area contributed by atoms with E-state index in [1.165, 1.54) is 24.3 Å². The number of nitrogen functional groups attached to an aromatic ring is 1. The van der Waals surface area contributed by atoms with Crippen LogP contribution in [0.3, 0.4) is 0 Å². The summed E-state index contributed by atoms with van der Waals surface area (Å²) < 4.78 is 37.0. The first-order valence-electron chi connectivity index (χ1n) is 5.49. The van der Waals surface area contributed by atoms with Gasteiger partial charge in [0.1, 0.15) is 5.75 Å². The minimum atomic E-state index is -5.07. The molecule has 0 saturated carbocycles. The minimum Gasteiger partial charge on any atom is -0.399 e. The average molecular weight is 295 g/mol. The highest BCUT2D eigenvalue weighted by Crippen LogP contribution is 2.18. The molecule has 0 aliphatic carbocycles. The van der Waals surface area contributed by atoms with E-state index in [0.717, 1.165) is 0 Å². The van der Waals surface area contributed by atoms with E-state index in [9.17, 15) is 17.1 Å². The van der Waals surface area contributed by atoms with Crippen LogP contribution >= 0.6 is 0 Å². The normalized spacial score (nSPS) is 11.1. The molecule has 0 fully saturated rings. The van der Waals surface area contributed by atoms with Crippen LogP contribution in [-0.2, 0) is 10.5 Å². The predicted molar refractivity (Wildman–Crippen MR) is 71.4 cm³/mol. The number of anilines is 1. The first-order valence-corrected chi connectivity index (χ1v) is 6.80. The van der Waals surface area contributed by atoms with Gasteiger partial charge in [-0.1, -0.05) is 3.89 Å². The van der Waals surface area contributed by atoms with Crippen molar-refractivity contribution >= 4 is 22.0 Å². The molecule has 0 bridgehead atoms. The molecule has 2 N–H and O–H groups in total. The molecule has 0 amide bonds. The zero-order valence-electron chi connectivity index (χ0n) is 10.1. The van der Waals surface area contributed by atoms with Crippen LogP contribution in [0.4, 0.5) is 9.57 Å². The lowest BCUT2D eigenvalue weighted by atomic mass is 10.0. The predicted octanol–water partition coefficient (Wildman–Crippen LogP) is 2.09. The summed E-state index contributed by atoms with van der Waals surface area (Å²) in [4.78, 5) is 12.1. The van der Waals surface area contributed by atoms with Crippen LogP contribution in [0, 0.1) is 0 Å². The zero-order chi connectivity index (χ0) is 14.8. The fourth-order valence-electron chi connectivity index (χ4n) is 1.58. The molecule has 104 valence electrons. The quantitative estimate of drug-likeness (QED) is 0.530. The van der Waals surface area contributed by atoms with E-state index in [4.69, 9.17) is 5.73 Å². The maximum Gasteiger partial charge on any atom is 0.488 e. The van der Waals surface area contributed by atoms with E-state index >= 15 is 0 Å². The van der Waals surface area contributed by atoms with Crippen molar-refractivity contribution in [3.8, 4) is 5.75 Å². The zero-order valence-corrected chi connectivity index (χ0v) is 10.9. The molecule has 2 aromatic carbocycles. The van der Waals surface area contributed by atoms with Crippen LogP contribution in [0.25, 0.3) is 0 Å². The Morgan fingerprint density at radius 3 is 1.85 bits per heavy atom. The lowest BCUT2D eigenvalue weighted by Gasteiger charge is -2.03. The molecule has 0 aliphatic heterocycles. The Morgan fingerprint density at radius 2 is 1.40 bits per heavy atom. The van der Waals surface area contributed by atoms with Crippen LogP contribution in [-0.4, -0.2) is 14.2 Å². The van der Waals surface area contributed by atoms with Crippen LogP contribution in [0.1, 0.15) is 15.9 Å². The summed E-state index contributed by atoms with van der Waals surface area (Å²) in [6.07, 6.45) is 0. The van der Waals surface area contributed by atoms with Gasteiger partial charge in [-0.05, 0) is 48.5 Å². The highest BCUT2D eigenvalue weighted by Gasteiger charge is 2.12. The second kappa shape index (κ2) is 5.30. The Bertz CT molecular complexity index is 724. The van der Waals surface area contributed by atoms with Crippen molar-refractivity contribution in [1.82, 2.24) is 0 Å². The molecule has 0 atom stereocenters. The first kappa shape index (κ1) is 14.0. The van der Waals surface area contributed by atoms with Crippen LogP contribution < -0.4 is 9.92 Å². The number of carbonyl (C=O) groups excluding carboxylic acids is 1. The summed E-state index contributed by atoms with van der Waals surface area (Å²) >= 11 is 0. The van der Waals surface area contributed by atoms with Crippen molar-refractivity contribution in [2.45, 2.75) is 0 Å². The molecular weight excluding hydrogens is 285 g/mol. The van der Waals surface area contributed by atoms with Gasteiger partial charge in [-0.25, -0.2) is 0 Å². The second-order valence-corrected chi connectivity index (χ2v) is 4.90. The standard InChI is InChI=1S/C13H10FNO4S/c14-20(17,18)19-12-7-3-10(4-8-12)13(16)9-1-5-11(15)6-2-9/h1-8H,15H2. The number of ketones is 1. The van der Waals surface area contributed by atoms with Gasteiger partial charge < -0.3 is 9.92 Å². The van der Waals surface area contributed by atoms with E-state index in [2.05, 4.69) is 4.18 Å². The summed E-state index contributed by atoms with van der Waals surface area (Å²) in [6, 6.07) is 11.4. The summed E-state index contributed by atoms with van der Waals surface area (Å²) in [5.74, 6) is -0.471. The van der Waals surface area contributed by atoms with Crippen LogP contribution in [0.15, 0.2) is 48.5 Å². The Labute approximate surface area is 115 Å². The van der Waals surface area contributed by atoms with Gasteiger partial charge in [0, 0.05) is 16.8 Å². The maximum atomic E-state index is 12.3. The van der Waals surface area contributed by atoms with E-state index in [1.54, 1.807) is 24.3 Å². The van der Waals surface area contributed by atoms with Crippen molar-refractivity contribution in [3.63, 3.8) is 0 Å². The molecule has 0 heterocycles. The molecule has 2 rings (SSSR count). The van der Waals surface area contributed by atoms with Crippen molar-refractivity contribution in [2.75, 3.05) is 5.73 Å². The topological polar surface area (TPSA) is 86.5 Å². The Balaban J connectivity index is 2.21. The SMILES string of the molecule is Nc1ccc(C(=O)c2ccc(OS(=O)(=O)F)cc2)cc1. The van der Waals surface area contributed by atoms with Crippen molar-refractivity contribution in [3.05, 3.63) is 59.7 Å². The lowest BCUT2D eigenvalue weighted by molar-refractivity contribution is 0.103. The van der Waals surface area contributed by atoms with Crippen molar-refractivity contribution in [2.24, 2.45) is 0 Å². The van der Waals surface area contributed by atoms with E-state index in [-0.39, 0.29) is 11.5 Å².